The lowest BCUT2D eigenvalue weighted by Gasteiger charge is -2.15. The third kappa shape index (κ3) is 5.55. The van der Waals surface area contributed by atoms with Gasteiger partial charge in [-0.25, -0.2) is 0 Å². The molecule has 0 heterocycles. The van der Waals surface area contributed by atoms with Crippen LogP contribution in [0.5, 0.6) is 0 Å². The Kier molecular flexibility index (Phi) is 5.65. The van der Waals surface area contributed by atoms with Gasteiger partial charge in [0.1, 0.15) is 0 Å². The van der Waals surface area contributed by atoms with Gasteiger partial charge in [0.2, 0.25) is 0 Å². The molecule has 2 unspecified atom stereocenters. The first-order valence-corrected chi connectivity index (χ1v) is 6.42. The minimum atomic E-state index is 0.231. The van der Waals surface area contributed by atoms with Gasteiger partial charge in [0.15, 0.2) is 0 Å². The van der Waals surface area contributed by atoms with Crippen molar-refractivity contribution in [3.8, 4) is 0 Å². The normalized spacial score (nSPS) is 14.9. The van der Waals surface area contributed by atoms with Gasteiger partial charge < -0.3 is 5.32 Å². The highest BCUT2D eigenvalue weighted by atomic mass is 79.9. The number of benzene rings is 1. The molecule has 0 fully saturated rings. The monoisotopic (exact) mass is 289 g/mol. The fraction of sp³-hybridized carbons (Fsp3) is 0.500. The van der Waals surface area contributed by atoms with E-state index >= 15 is 0 Å². The van der Waals surface area contributed by atoms with E-state index in [1.165, 1.54) is 5.56 Å². The van der Waals surface area contributed by atoms with Crippen LogP contribution >= 0.6 is 27.5 Å². The summed E-state index contributed by atoms with van der Waals surface area (Å²) in [4.78, 5) is 0. The summed E-state index contributed by atoms with van der Waals surface area (Å²) in [6, 6.07) is 8.79. The number of rotatable bonds is 5. The zero-order valence-corrected chi connectivity index (χ0v) is 11.5. The maximum atomic E-state index is 5.93. The molecule has 0 aromatic heterocycles. The molecule has 1 nitrogen and oxygen atoms in total. The number of alkyl halides is 1. The molecule has 1 rings (SSSR count). The van der Waals surface area contributed by atoms with Gasteiger partial charge in [-0.1, -0.05) is 28.1 Å². The second-order valence-electron chi connectivity index (χ2n) is 3.93. The fourth-order valence-corrected chi connectivity index (χ4v) is 2.22. The Morgan fingerprint density at radius 2 is 2.13 bits per heavy atom. The lowest BCUT2D eigenvalue weighted by molar-refractivity contribution is 0.511. The SMILES string of the molecule is CC(Cl)CC(C)NCc1cccc(Br)c1. The van der Waals surface area contributed by atoms with E-state index < -0.39 is 0 Å². The van der Waals surface area contributed by atoms with Gasteiger partial charge in [0.25, 0.3) is 0 Å². The molecule has 0 aliphatic heterocycles. The highest BCUT2D eigenvalue weighted by Crippen LogP contribution is 2.12. The molecule has 0 saturated heterocycles. The van der Waals surface area contributed by atoms with Crippen LogP contribution in [0.2, 0.25) is 0 Å². The molecule has 1 N–H and O–H groups in total. The van der Waals surface area contributed by atoms with Gasteiger partial charge in [-0.05, 0) is 38.0 Å². The van der Waals surface area contributed by atoms with Crippen LogP contribution in [0.25, 0.3) is 0 Å². The molecule has 15 heavy (non-hydrogen) atoms. The summed E-state index contributed by atoms with van der Waals surface area (Å²) >= 11 is 9.39. The molecule has 0 spiro atoms. The summed E-state index contributed by atoms with van der Waals surface area (Å²) in [7, 11) is 0. The van der Waals surface area contributed by atoms with E-state index in [1.54, 1.807) is 0 Å². The summed E-state index contributed by atoms with van der Waals surface area (Å²) in [5.74, 6) is 0. The highest BCUT2D eigenvalue weighted by Gasteiger charge is 2.05. The average molecular weight is 291 g/mol. The molecule has 0 radical (unpaired) electrons. The van der Waals surface area contributed by atoms with Crippen molar-refractivity contribution in [3.05, 3.63) is 34.3 Å². The van der Waals surface area contributed by atoms with Crippen molar-refractivity contribution in [1.82, 2.24) is 5.32 Å². The molecule has 3 heteroatoms. The van der Waals surface area contributed by atoms with E-state index in [1.807, 2.05) is 13.0 Å². The highest BCUT2D eigenvalue weighted by molar-refractivity contribution is 9.10. The predicted molar refractivity (Wildman–Crippen MR) is 70.4 cm³/mol. The van der Waals surface area contributed by atoms with Gasteiger partial charge in [0.05, 0.1) is 0 Å². The molecule has 0 aliphatic carbocycles. The van der Waals surface area contributed by atoms with E-state index in [0.29, 0.717) is 6.04 Å². The van der Waals surface area contributed by atoms with Crippen LogP contribution in [0.1, 0.15) is 25.8 Å². The van der Waals surface area contributed by atoms with Gasteiger partial charge >= 0.3 is 0 Å². The van der Waals surface area contributed by atoms with Gasteiger partial charge in [0, 0.05) is 22.4 Å². The quantitative estimate of drug-likeness (QED) is 0.810. The van der Waals surface area contributed by atoms with Crippen LogP contribution in [0, 0.1) is 0 Å². The number of halogens is 2. The van der Waals surface area contributed by atoms with Crippen LogP contribution in [0.15, 0.2) is 28.7 Å². The summed E-state index contributed by atoms with van der Waals surface area (Å²) in [6.07, 6.45) is 0.996. The Morgan fingerprint density at radius 1 is 1.40 bits per heavy atom. The minimum Gasteiger partial charge on any atom is -0.310 e. The molecular formula is C12H17BrClN. The fourth-order valence-electron chi connectivity index (χ4n) is 1.51. The van der Waals surface area contributed by atoms with Crippen LogP contribution in [-0.2, 0) is 6.54 Å². The largest absolute Gasteiger partial charge is 0.310 e. The van der Waals surface area contributed by atoms with Gasteiger partial charge in [-0.15, -0.1) is 11.6 Å². The van der Waals surface area contributed by atoms with E-state index in [2.05, 4.69) is 46.4 Å². The second-order valence-corrected chi connectivity index (χ2v) is 5.59. The Morgan fingerprint density at radius 3 is 2.73 bits per heavy atom. The van der Waals surface area contributed by atoms with Crippen LogP contribution in [-0.4, -0.2) is 11.4 Å². The Bertz CT molecular complexity index is 301. The maximum Gasteiger partial charge on any atom is 0.0322 e. The van der Waals surface area contributed by atoms with E-state index in [0.717, 1.165) is 17.4 Å². The molecule has 2 atom stereocenters. The molecular weight excluding hydrogens is 273 g/mol. The van der Waals surface area contributed by atoms with Crippen molar-refractivity contribution in [3.63, 3.8) is 0 Å². The molecule has 0 aliphatic rings. The summed E-state index contributed by atoms with van der Waals surface area (Å²) in [5, 5.41) is 3.68. The number of nitrogens with one attached hydrogen (secondary N) is 1. The first-order chi connectivity index (χ1) is 7.08. The molecule has 84 valence electrons. The molecule has 0 saturated carbocycles. The van der Waals surface area contributed by atoms with Crippen LogP contribution in [0.4, 0.5) is 0 Å². The van der Waals surface area contributed by atoms with E-state index in [9.17, 15) is 0 Å². The summed E-state index contributed by atoms with van der Waals surface area (Å²) in [5.41, 5.74) is 1.29. The van der Waals surface area contributed by atoms with E-state index in [-0.39, 0.29) is 5.38 Å². The van der Waals surface area contributed by atoms with Crippen molar-refractivity contribution in [2.24, 2.45) is 0 Å². The van der Waals surface area contributed by atoms with Gasteiger partial charge in [-0.3, -0.25) is 0 Å². The van der Waals surface area contributed by atoms with Crippen molar-refractivity contribution < 1.29 is 0 Å². The molecule has 1 aromatic rings. The summed E-state index contributed by atoms with van der Waals surface area (Å²) in [6.45, 7) is 5.08. The Hall–Kier alpha value is -0.0500. The first kappa shape index (κ1) is 13.0. The smallest absolute Gasteiger partial charge is 0.0322 e. The maximum absolute atomic E-state index is 5.93. The topological polar surface area (TPSA) is 12.0 Å². The Labute approximate surface area is 105 Å². The molecule has 0 amide bonds. The molecule has 1 aromatic carbocycles. The van der Waals surface area contributed by atoms with Crippen molar-refractivity contribution in [1.29, 1.82) is 0 Å². The molecule has 0 bridgehead atoms. The zero-order chi connectivity index (χ0) is 11.3. The predicted octanol–water partition coefficient (Wildman–Crippen LogP) is 3.94. The third-order valence-electron chi connectivity index (χ3n) is 2.22. The van der Waals surface area contributed by atoms with Crippen molar-refractivity contribution in [2.45, 2.75) is 38.2 Å². The van der Waals surface area contributed by atoms with Crippen molar-refractivity contribution >= 4 is 27.5 Å². The lowest BCUT2D eigenvalue weighted by atomic mass is 10.1. The third-order valence-corrected chi connectivity index (χ3v) is 2.89. The standard InChI is InChI=1S/C12H17BrClN/c1-9(14)6-10(2)15-8-11-4-3-5-12(13)7-11/h3-5,7,9-10,15H,6,8H2,1-2H3. The van der Waals surface area contributed by atoms with Gasteiger partial charge in [-0.2, -0.15) is 0 Å². The van der Waals surface area contributed by atoms with Crippen molar-refractivity contribution in [2.75, 3.05) is 0 Å². The Balaban J connectivity index is 2.36. The number of hydrogen-bond donors (Lipinski definition) is 1. The van der Waals surface area contributed by atoms with Crippen LogP contribution in [0.3, 0.4) is 0 Å². The minimum absolute atomic E-state index is 0.231. The van der Waals surface area contributed by atoms with Crippen LogP contribution < -0.4 is 5.32 Å². The number of hydrogen-bond acceptors (Lipinski definition) is 1. The average Bonchev–Trinajstić information content (AvgIpc) is 2.14. The van der Waals surface area contributed by atoms with E-state index in [4.69, 9.17) is 11.6 Å². The lowest BCUT2D eigenvalue weighted by Crippen LogP contribution is -2.27. The second kappa shape index (κ2) is 6.51. The first-order valence-electron chi connectivity index (χ1n) is 5.20. The zero-order valence-electron chi connectivity index (χ0n) is 9.13. The summed E-state index contributed by atoms with van der Waals surface area (Å²) < 4.78 is 1.13.